The van der Waals surface area contributed by atoms with E-state index in [-0.39, 0.29) is 16.8 Å². The molecule has 0 aromatic heterocycles. The van der Waals surface area contributed by atoms with Crippen LogP contribution >= 0.6 is 34.8 Å². The number of alkyl halides is 1. The number of ketones is 1. The van der Waals surface area contributed by atoms with Crippen molar-refractivity contribution in [3.63, 3.8) is 0 Å². The van der Waals surface area contributed by atoms with Gasteiger partial charge in [-0.2, -0.15) is 5.10 Å². The van der Waals surface area contributed by atoms with Gasteiger partial charge in [0.2, 0.25) is 5.78 Å². The molecular formula is C12H13Cl3N2O. The number of hydrogen-bond acceptors (Lipinski definition) is 3. The summed E-state index contributed by atoms with van der Waals surface area (Å²) in [5, 5.41) is 4.31. The third kappa shape index (κ3) is 4.16. The molecule has 0 unspecified atom stereocenters. The van der Waals surface area contributed by atoms with Crippen LogP contribution in [0.3, 0.4) is 0 Å². The Morgan fingerprint density at radius 3 is 2.39 bits per heavy atom. The summed E-state index contributed by atoms with van der Waals surface area (Å²) in [7, 11) is 0. The van der Waals surface area contributed by atoms with Gasteiger partial charge < -0.3 is 0 Å². The van der Waals surface area contributed by atoms with Crippen LogP contribution in [0, 0.1) is 5.41 Å². The second-order valence-corrected chi connectivity index (χ2v) is 5.43. The van der Waals surface area contributed by atoms with Crippen molar-refractivity contribution < 1.29 is 4.79 Å². The SMILES string of the molecule is CC(C)(CCl)C(=O)/C(Cl)=N/Nc1ccc(Cl)cc1. The van der Waals surface area contributed by atoms with Crippen molar-refractivity contribution >= 4 is 51.4 Å². The standard InChI is InChI=1S/C12H13Cl3N2O/c1-12(2,7-13)10(18)11(15)17-16-9-5-3-8(14)4-6-9/h3-6,16H,7H2,1-2H3/b17-11-. The van der Waals surface area contributed by atoms with Crippen LogP contribution in [0.4, 0.5) is 5.69 Å². The maximum absolute atomic E-state index is 11.9. The smallest absolute Gasteiger partial charge is 0.201 e. The zero-order valence-corrected chi connectivity index (χ0v) is 12.3. The van der Waals surface area contributed by atoms with Crippen LogP contribution in [0.25, 0.3) is 0 Å². The first-order valence-electron chi connectivity index (χ1n) is 5.22. The average Bonchev–Trinajstić information content (AvgIpc) is 2.36. The lowest BCUT2D eigenvalue weighted by Crippen LogP contribution is -2.30. The van der Waals surface area contributed by atoms with Crippen LogP contribution in [-0.2, 0) is 4.79 Å². The van der Waals surface area contributed by atoms with Crippen LogP contribution < -0.4 is 5.43 Å². The lowest BCUT2D eigenvalue weighted by atomic mass is 9.91. The first-order valence-corrected chi connectivity index (χ1v) is 6.51. The summed E-state index contributed by atoms with van der Waals surface area (Å²) in [6, 6.07) is 6.87. The van der Waals surface area contributed by atoms with Gasteiger partial charge in [0.05, 0.1) is 5.69 Å². The number of carbonyl (C=O) groups is 1. The van der Waals surface area contributed by atoms with Gasteiger partial charge >= 0.3 is 0 Å². The van der Waals surface area contributed by atoms with E-state index >= 15 is 0 Å². The third-order valence-corrected chi connectivity index (χ3v) is 3.44. The molecule has 0 amide bonds. The topological polar surface area (TPSA) is 41.5 Å². The Morgan fingerprint density at radius 1 is 1.33 bits per heavy atom. The lowest BCUT2D eigenvalue weighted by Gasteiger charge is -2.17. The molecule has 3 nitrogen and oxygen atoms in total. The number of anilines is 1. The van der Waals surface area contributed by atoms with Gasteiger partial charge in [-0.05, 0) is 24.3 Å². The van der Waals surface area contributed by atoms with Crippen molar-refractivity contribution in [1.82, 2.24) is 0 Å². The van der Waals surface area contributed by atoms with Gasteiger partial charge in [0.15, 0.2) is 5.17 Å². The minimum atomic E-state index is -0.732. The summed E-state index contributed by atoms with van der Waals surface area (Å²) in [5.41, 5.74) is 2.64. The molecule has 6 heteroatoms. The quantitative estimate of drug-likeness (QED) is 0.504. The van der Waals surface area contributed by atoms with E-state index in [4.69, 9.17) is 34.8 Å². The fraction of sp³-hybridized carbons (Fsp3) is 0.333. The third-order valence-electron chi connectivity index (χ3n) is 2.26. The maximum Gasteiger partial charge on any atom is 0.201 e. The fourth-order valence-electron chi connectivity index (χ4n) is 1.03. The van der Waals surface area contributed by atoms with Crippen LogP contribution in [0.1, 0.15) is 13.8 Å². The zero-order chi connectivity index (χ0) is 13.8. The second kappa shape index (κ2) is 6.41. The van der Waals surface area contributed by atoms with E-state index in [0.717, 1.165) is 0 Å². The van der Waals surface area contributed by atoms with Gasteiger partial charge in [0.25, 0.3) is 0 Å². The molecule has 18 heavy (non-hydrogen) atoms. The van der Waals surface area contributed by atoms with E-state index in [0.29, 0.717) is 10.7 Å². The molecule has 0 fully saturated rings. The highest BCUT2D eigenvalue weighted by atomic mass is 35.5. The van der Waals surface area contributed by atoms with E-state index in [1.165, 1.54) is 0 Å². The fourth-order valence-corrected chi connectivity index (χ4v) is 1.57. The monoisotopic (exact) mass is 306 g/mol. The number of hydrogen-bond donors (Lipinski definition) is 1. The lowest BCUT2D eigenvalue weighted by molar-refractivity contribution is -0.119. The molecule has 0 saturated carbocycles. The first-order chi connectivity index (χ1) is 8.36. The van der Waals surface area contributed by atoms with E-state index in [9.17, 15) is 4.79 Å². The molecule has 0 aliphatic heterocycles. The van der Waals surface area contributed by atoms with Crippen molar-refractivity contribution in [2.24, 2.45) is 10.5 Å². The first kappa shape index (κ1) is 15.3. The Bertz CT molecular complexity index is 455. The average molecular weight is 308 g/mol. The molecule has 1 rings (SSSR count). The summed E-state index contributed by atoms with van der Waals surface area (Å²) >= 11 is 17.3. The van der Waals surface area contributed by atoms with Gasteiger partial charge in [-0.1, -0.05) is 37.0 Å². The van der Waals surface area contributed by atoms with E-state index in [1.807, 2.05) is 0 Å². The van der Waals surface area contributed by atoms with E-state index in [1.54, 1.807) is 38.1 Å². The normalized spacial score (nSPS) is 12.4. The van der Waals surface area contributed by atoms with Crippen LogP contribution in [-0.4, -0.2) is 16.8 Å². The summed E-state index contributed by atoms with van der Waals surface area (Å²) in [6.45, 7) is 3.42. The van der Waals surface area contributed by atoms with E-state index < -0.39 is 5.41 Å². The molecule has 0 saturated heterocycles. The van der Waals surface area contributed by atoms with Crippen LogP contribution in [0.5, 0.6) is 0 Å². The van der Waals surface area contributed by atoms with Crippen molar-refractivity contribution in [2.45, 2.75) is 13.8 Å². The van der Waals surface area contributed by atoms with Gasteiger partial charge in [0, 0.05) is 16.3 Å². The molecular weight excluding hydrogens is 295 g/mol. The highest BCUT2D eigenvalue weighted by Gasteiger charge is 2.29. The molecule has 98 valence electrons. The number of hydrazone groups is 1. The molecule has 1 aromatic carbocycles. The van der Waals surface area contributed by atoms with E-state index in [2.05, 4.69) is 10.5 Å². The molecule has 0 heterocycles. The van der Waals surface area contributed by atoms with Crippen molar-refractivity contribution in [3.8, 4) is 0 Å². The minimum absolute atomic E-state index is 0.129. The van der Waals surface area contributed by atoms with Crippen LogP contribution in [0.15, 0.2) is 29.4 Å². The Balaban J connectivity index is 2.73. The highest BCUT2D eigenvalue weighted by Crippen LogP contribution is 2.20. The summed E-state index contributed by atoms with van der Waals surface area (Å²) < 4.78 is 0. The predicted molar refractivity (Wildman–Crippen MR) is 77.9 cm³/mol. The largest absolute Gasteiger partial charge is 0.291 e. The minimum Gasteiger partial charge on any atom is -0.291 e. The summed E-state index contributed by atoms with van der Waals surface area (Å²) in [5.74, 6) is -0.126. The van der Waals surface area contributed by atoms with Gasteiger partial charge in [-0.15, -0.1) is 11.6 Å². The number of nitrogens with zero attached hydrogens (tertiary/aromatic N) is 1. The number of rotatable bonds is 5. The number of halogens is 3. The molecule has 0 aliphatic carbocycles. The second-order valence-electron chi connectivity index (χ2n) is 4.37. The van der Waals surface area contributed by atoms with Gasteiger partial charge in [0.1, 0.15) is 0 Å². The van der Waals surface area contributed by atoms with Crippen molar-refractivity contribution in [1.29, 1.82) is 0 Å². The van der Waals surface area contributed by atoms with Gasteiger partial charge in [-0.25, -0.2) is 0 Å². The molecule has 1 aromatic rings. The van der Waals surface area contributed by atoms with Crippen molar-refractivity contribution in [3.05, 3.63) is 29.3 Å². The van der Waals surface area contributed by atoms with Crippen molar-refractivity contribution in [2.75, 3.05) is 11.3 Å². The molecule has 0 atom stereocenters. The molecule has 1 N–H and O–H groups in total. The molecule has 0 aliphatic rings. The Kier molecular flexibility index (Phi) is 5.45. The number of Topliss-reactive ketones (excluding diaryl/α,β-unsaturated/α-hetero) is 1. The van der Waals surface area contributed by atoms with Crippen LogP contribution in [0.2, 0.25) is 5.02 Å². The van der Waals surface area contributed by atoms with Gasteiger partial charge in [-0.3, -0.25) is 10.2 Å². The summed E-state index contributed by atoms with van der Waals surface area (Å²) in [4.78, 5) is 11.9. The Labute approximate surface area is 121 Å². The zero-order valence-electron chi connectivity index (χ0n) is 10.0. The predicted octanol–water partition coefficient (Wildman–Crippen LogP) is 4.14. The highest BCUT2D eigenvalue weighted by molar-refractivity contribution is 6.83. The molecule has 0 spiro atoms. The number of benzene rings is 1. The Morgan fingerprint density at radius 2 is 1.89 bits per heavy atom. The maximum atomic E-state index is 11.9. The number of carbonyl (C=O) groups excluding carboxylic acids is 1. The Hall–Kier alpha value is -0.770. The summed E-state index contributed by atoms with van der Waals surface area (Å²) in [6.07, 6.45) is 0. The number of nitrogens with one attached hydrogen (secondary N) is 1. The molecule has 0 radical (unpaired) electrons. The molecule has 0 bridgehead atoms.